The third-order valence-electron chi connectivity index (χ3n) is 4.60. The monoisotopic (exact) mass is 274 g/mol. The van der Waals surface area contributed by atoms with E-state index in [0.29, 0.717) is 0 Å². The summed E-state index contributed by atoms with van der Waals surface area (Å²) in [5, 5.41) is 3.57. The predicted octanol–water partition coefficient (Wildman–Crippen LogP) is 2.37. The zero-order valence-electron chi connectivity index (χ0n) is 12.5. The number of ether oxygens (including phenoxy) is 1. The molecule has 1 fully saturated rings. The summed E-state index contributed by atoms with van der Waals surface area (Å²) in [4.78, 5) is 2.57. The fourth-order valence-electron chi connectivity index (χ4n) is 3.47. The topological polar surface area (TPSA) is 24.5 Å². The van der Waals surface area contributed by atoms with Crippen molar-refractivity contribution in [2.24, 2.45) is 0 Å². The van der Waals surface area contributed by atoms with Gasteiger partial charge < -0.3 is 15.0 Å². The molecule has 2 aliphatic rings. The van der Waals surface area contributed by atoms with Gasteiger partial charge >= 0.3 is 0 Å². The van der Waals surface area contributed by atoms with Crippen LogP contribution in [0, 0.1) is 0 Å². The Morgan fingerprint density at radius 3 is 2.85 bits per heavy atom. The Bertz CT molecular complexity index is 427. The first-order valence-corrected chi connectivity index (χ1v) is 8.02. The summed E-state index contributed by atoms with van der Waals surface area (Å²) < 4.78 is 6.02. The van der Waals surface area contributed by atoms with E-state index in [2.05, 4.69) is 41.4 Å². The summed E-state index contributed by atoms with van der Waals surface area (Å²) in [6.07, 6.45) is 3.87. The second-order valence-electron chi connectivity index (χ2n) is 5.94. The van der Waals surface area contributed by atoms with E-state index in [1.807, 2.05) is 0 Å². The number of likely N-dealkylation sites (tertiary alicyclic amines) is 1. The van der Waals surface area contributed by atoms with Crippen molar-refractivity contribution >= 4 is 0 Å². The third-order valence-corrected chi connectivity index (χ3v) is 4.60. The van der Waals surface area contributed by atoms with Crippen LogP contribution in [0.2, 0.25) is 0 Å². The second-order valence-corrected chi connectivity index (χ2v) is 5.94. The highest BCUT2D eigenvalue weighted by Crippen LogP contribution is 2.28. The molecule has 0 bridgehead atoms. The van der Waals surface area contributed by atoms with Crippen LogP contribution in [0.3, 0.4) is 0 Å². The highest BCUT2D eigenvalue weighted by Gasteiger charge is 2.25. The number of fused-ring (bicyclic) bond motifs is 1. The Kier molecular flexibility index (Phi) is 4.71. The van der Waals surface area contributed by atoms with E-state index in [0.717, 1.165) is 32.2 Å². The molecule has 0 aliphatic carbocycles. The van der Waals surface area contributed by atoms with Gasteiger partial charge in [0.05, 0.1) is 12.7 Å². The Hall–Kier alpha value is -0.900. The molecule has 3 heteroatoms. The lowest BCUT2D eigenvalue weighted by Crippen LogP contribution is -2.44. The van der Waals surface area contributed by atoms with Gasteiger partial charge in [-0.25, -0.2) is 0 Å². The smallest absolute Gasteiger partial charge is 0.0954 e. The third kappa shape index (κ3) is 3.22. The molecule has 2 aliphatic heterocycles. The van der Waals surface area contributed by atoms with E-state index in [9.17, 15) is 0 Å². The molecule has 0 aromatic heterocycles. The Morgan fingerprint density at radius 2 is 2.05 bits per heavy atom. The minimum absolute atomic E-state index is 0.274. The van der Waals surface area contributed by atoms with Crippen LogP contribution in [-0.4, -0.2) is 43.7 Å². The first-order valence-electron chi connectivity index (χ1n) is 8.02. The Morgan fingerprint density at radius 1 is 1.25 bits per heavy atom. The van der Waals surface area contributed by atoms with Gasteiger partial charge in [0.15, 0.2) is 0 Å². The molecule has 1 aromatic carbocycles. The largest absolute Gasteiger partial charge is 0.372 e. The van der Waals surface area contributed by atoms with Gasteiger partial charge in [0.25, 0.3) is 0 Å². The van der Waals surface area contributed by atoms with Crippen LogP contribution in [0.25, 0.3) is 0 Å². The first kappa shape index (κ1) is 14.1. The molecule has 0 amide bonds. The number of nitrogens with zero attached hydrogens (tertiary/aromatic N) is 1. The summed E-state index contributed by atoms with van der Waals surface area (Å²) in [5.74, 6) is 0. The molecule has 3 rings (SSSR count). The van der Waals surface area contributed by atoms with Crippen molar-refractivity contribution in [1.29, 1.82) is 0 Å². The maximum atomic E-state index is 6.02. The van der Waals surface area contributed by atoms with Crippen LogP contribution < -0.4 is 5.32 Å². The van der Waals surface area contributed by atoms with E-state index >= 15 is 0 Å². The quantitative estimate of drug-likeness (QED) is 0.912. The standard InChI is InChI=1S/C17H26N2O/c1-2-18-15-7-10-19(11-8-15)13-17-16-6-4-3-5-14(16)9-12-20-17/h3-6,15,17-18H,2,7-13H2,1H3. The summed E-state index contributed by atoms with van der Waals surface area (Å²) in [6, 6.07) is 9.49. The summed E-state index contributed by atoms with van der Waals surface area (Å²) in [7, 11) is 0. The van der Waals surface area contributed by atoms with Crippen LogP contribution in [0.5, 0.6) is 0 Å². The molecule has 1 aromatic rings. The van der Waals surface area contributed by atoms with Crippen LogP contribution in [0.4, 0.5) is 0 Å². The van der Waals surface area contributed by atoms with Crippen molar-refractivity contribution in [3.05, 3.63) is 35.4 Å². The normalized spacial score (nSPS) is 24.6. The number of hydrogen-bond acceptors (Lipinski definition) is 3. The maximum absolute atomic E-state index is 6.02. The summed E-state index contributed by atoms with van der Waals surface area (Å²) in [6.45, 7) is 7.59. The zero-order valence-corrected chi connectivity index (χ0v) is 12.5. The highest BCUT2D eigenvalue weighted by molar-refractivity contribution is 5.31. The van der Waals surface area contributed by atoms with Gasteiger partial charge in [-0.3, -0.25) is 0 Å². The molecule has 20 heavy (non-hydrogen) atoms. The van der Waals surface area contributed by atoms with Crippen molar-refractivity contribution < 1.29 is 4.74 Å². The summed E-state index contributed by atoms with van der Waals surface area (Å²) in [5.41, 5.74) is 2.89. The molecule has 2 heterocycles. The molecule has 110 valence electrons. The number of piperidine rings is 1. The van der Waals surface area contributed by atoms with Crippen molar-refractivity contribution in [3.8, 4) is 0 Å². The van der Waals surface area contributed by atoms with Crippen molar-refractivity contribution in [2.75, 3.05) is 32.8 Å². The van der Waals surface area contributed by atoms with Gasteiger partial charge in [0.1, 0.15) is 0 Å². The number of rotatable bonds is 4. The average molecular weight is 274 g/mol. The van der Waals surface area contributed by atoms with Gasteiger partial charge in [0.2, 0.25) is 0 Å². The Balaban J connectivity index is 1.57. The second kappa shape index (κ2) is 6.70. The molecule has 0 saturated carbocycles. The predicted molar refractivity (Wildman–Crippen MR) is 82.0 cm³/mol. The van der Waals surface area contributed by atoms with Crippen LogP contribution in [0.15, 0.2) is 24.3 Å². The lowest BCUT2D eigenvalue weighted by Gasteiger charge is -2.36. The molecular weight excluding hydrogens is 248 g/mol. The van der Waals surface area contributed by atoms with Gasteiger partial charge in [0, 0.05) is 12.6 Å². The van der Waals surface area contributed by atoms with E-state index in [4.69, 9.17) is 4.74 Å². The lowest BCUT2D eigenvalue weighted by atomic mass is 9.96. The zero-order chi connectivity index (χ0) is 13.8. The van der Waals surface area contributed by atoms with Gasteiger partial charge in [-0.15, -0.1) is 0 Å². The van der Waals surface area contributed by atoms with Crippen molar-refractivity contribution in [1.82, 2.24) is 10.2 Å². The SMILES string of the molecule is CCNC1CCN(CC2OCCc3ccccc32)CC1. The fourth-order valence-corrected chi connectivity index (χ4v) is 3.47. The molecule has 1 saturated heterocycles. The molecular formula is C17H26N2O. The van der Waals surface area contributed by atoms with E-state index < -0.39 is 0 Å². The average Bonchev–Trinajstić information content (AvgIpc) is 2.50. The van der Waals surface area contributed by atoms with Gasteiger partial charge in [-0.05, 0) is 50.0 Å². The molecule has 1 unspecified atom stereocenters. The van der Waals surface area contributed by atoms with Crippen LogP contribution >= 0.6 is 0 Å². The van der Waals surface area contributed by atoms with Gasteiger partial charge in [-0.1, -0.05) is 31.2 Å². The van der Waals surface area contributed by atoms with E-state index in [-0.39, 0.29) is 6.10 Å². The summed E-state index contributed by atoms with van der Waals surface area (Å²) >= 11 is 0. The molecule has 0 spiro atoms. The van der Waals surface area contributed by atoms with Crippen molar-refractivity contribution in [3.63, 3.8) is 0 Å². The van der Waals surface area contributed by atoms with E-state index in [1.165, 1.54) is 37.1 Å². The van der Waals surface area contributed by atoms with Crippen LogP contribution in [-0.2, 0) is 11.2 Å². The molecule has 3 nitrogen and oxygen atoms in total. The highest BCUT2D eigenvalue weighted by atomic mass is 16.5. The van der Waals surface area contributed by atoms with Crippen molar-refractivity contribution in [2.45, 2.75) is 38.3 Å². The minimum atomic E-state index is 0.274. The fraction of sp³-hybridized carbons (Fsp3) is 0.647. The molecule has 1 N–H and O–H groups in total. The number of hydrogen-bond donors (Lipinski definition) is 1. The van der Waals surface area contributed by atoms with Gasteiger partial charge in [-0.2, -0.15) is 0 Å². The maximum Gasteiger partial charge on any atom is 0.0954 e. The first-order chi connectivity index (χ1) is 9.86. The Labute approximate surface area is 122 Å². The molecule has 0 radical (unpaired) electrons. The minimum Gasteiger partial charge on any atom is -0.372 e. The molecule has 1 atom stereocenters. The number of nitrogens with one attached hydrogen (secondary N) is 1. The van der Waals surface area contributed by atoms with Crippen LogP contribution in [0.1, 0.15) is 37.0 Å². The lowest BCUT2D eigenvalue weighted by molar-refractivity contribution is 0.0102. The van der Waals surface area contributed by atoms with E-state index in [1.54, 1.807) is 0 Å². The number of benzene rings is 1.